The molecule has 1 aromatic rings. The smallest absolute Gasteiger partial charge is 0.282 e. The topological polar surface area (TPSA) is 59.1 Å². The van der Waals surface area contributed by atoms with Crippen molar-refractivity contribution < 1.29 is 9.59 Å². The van der Waals surface area contributed by atoms with Crippen molar-refractivity contribution in [2.45, 2.75) is 0 Å². The predicted octanol–water partition coefficient (Wildman–Crippen LogP) is 2.06. The summed E-state index contributed by atoms with van der Waals surface area (Å²) < 4.78 is 0. The Hall–Kier alpha value is -1.33. The molecule has 0 atom stereocenters. The van der Waals surface area contributed by atoms with Crippen molar-refractivity contribution in [3.63, 3.8) is 0 Å². The molecule has 0 saturated carbocycles. The Kier molecular flexibility index (Phi) is 2.75. The normalized spacial score (nSPS) is 18.3. The maximum absolute atomic E-state index is 11.2. The minimum Gasteiger partial charge on any atom is -0.282 e. The zero-order valence-corrected chi connectivity index (χ0v) is 8.93. The predicted molar refractivity (Wildman–Crippen MR) is 58.4 cm³/mol. The van der Waals surface area contributed by atoms with Gasteiger partial charge in [-0.1, -0.05) is 17.7 Å². The number of carbonyl (C=O) groups is 2. The number of carbonyl (C=O) groups excluding carboxylic acids is 2. The molecule has 4 nitrogen and oxygen atoms in total. The first-order valence-corrected chi connectivity index (χ1v) is 5.21. The summed E-state index contributed by atoms with van der Waals surface area (Å²) in [7, 11) is 0. The first-order chi connectivity index (χ1) is 7.15. The third-order valence-corrected chi connectivity index (χ3v) is 2.72. The Morgan fingerprint density at radius 2 is 2.20 bits per heavy atom. The van der Waals surface area contributed by atoms with Crippen LogP contribution < -0.4 is 5.32 Å². The molecule has 0 aromatic carbocycles. The molecule has 1 aliphatic heterocycles. The number of amides is 2. The Bertz CT molecular complexity index is 456. The number of rotatable bonds is 1. The van der Waals surface area contributed by atoms with Gasteiger partial charge in [-0.15, -0.1) is 0 Å². The molecule has 2 heterocycles. The van der Waals surface area contributed by atoms with Gasteiger partial charge in [0, 0.05) is 6.20 Å². The molecule has 0 unspecified atom stereocenters. The highest BCUT2D eigenvalue weighted by atomic mass is 35.5. The lowest BCUT2D eigenvalue weighted by molar-refractivity contribution is -0.115. The zero-order chi connectivity index (χ0) is 10.8. The third-order valence-electron chi connectivity index (χ3n) is 1.69. The molecule has 2 amide bonds. The van der Waals surface area contributed by atoms with Crippen LogP contribution in [0.25, 0.3) is 6.08 Å². The van der Waals surface area contributed by atoms with Crippen LogP contribution >= 0.6 is 23.4 Å². The van der Waals surface area contributed by atoms with Gasteiger partial charge in [0.2, 0.25) is 0 Å². The van der Waals surface area contributed by atoms with Gasteiger partial charge in [-0.3, -0.25) is 14.9 Å². The lowest BCUT2D eigenvalue weighted by Gasteiger charge is -1.94. The first-order valence-electron chi connectivity index (χ1n) is 4.01. The fourth-order valence-corrected chi connectivity index (χ4v) is 1.84. The Morgan fingerprint density at radius 1 is 1.40 bits per heavy atom. The molecule has 0 spiro atoms. The minimum absolute atomic E-state index is 0.354. The number of hydrogen-bond donors (Lipinski definition) is 1. The highest BCUT2D eigenvalue weighted by Gasteiger charge is 2.24. The van der Waals surface area contributed by atoms with Crippen molar-refractivity contribution in [3.8, 4) is 0 Å². The third kappa shape index (κ3) is 2.37. The molecule has 2 rings (SSSR count). The number of nitrogens with zero attached hydrogens (tertiary/aromatic N) is 1. The molecule has 0 bridgehead atoms. The Morgan fingerprint density at radius 3 is 2.73 bits per heavy atom. The van der Waals surface area contributed by atoms with Crippen LogP contribution in [0.4, 0.5) is 4.79 Å². The van der Waals surface area contributed by atoms with Gasteiger partial charge in [0.1, 0.15) is 5.15 Å². The molecule has 1 saturated heterocycles. The quantitative estimate of drug-likeness (QED) is 0.603. The summed E-state index contributed by atoms with van der Waals surface area (Å²) in [4.78, 5) is 26.3. The number of hydrogen-bond acceptors (Lipinski definition) is 4. The van der Waals surface area contributed by atoms with Crippen molar-refractivity contribution in [1.82, 2.24) is 10.3 Å². The molecule has 76 valence electrons. The van der Waals surface area contributed by atoms with Crippen molar-refractivity contribution in [2.24, 2.45) is 0 Å². The van der Waals surface area contributed by atoms with Crippen LogP contribution in [0.2, 0.25) is 5.15 Å². The molecule has 1 aliphatic rings. The summed E-state index contributed by atoms with van der Waals surface area (Å²) in [5, 5.41) is 2.20. The van der Waals surface area contributed by atoms with Crippen LogP contribution in [0.15, 0.2) is 23.2 Å². The monoisotopic (exact) mass is 240 g/mol. The maximum atomic E-state index is 11.2. The Labute approximate surface area is 94.7 Å². The van der Waals surface area contributed by atoms with Crippen molar-refractivity contribution >= 4 is 40.6 Å². The number of halogens is 1. The van der Waals surface area contributed by atoms with E-state index in [2.05, 4.69) is 10.3 Å². The van der Waals surface area contributed by atoms with Crippen LogP contribution in [-0.2, 0) is 4.79 Å². The molecule has 0 aliphatic carbocycles. The second kappa shape index (κ2) is 4.04. The minimum atomic E-state index is -0.375. The fraction of sp³-hybridized carbons (Fsp3) is 0. The van der Waals surface area contributed by atoms with Gasteiger partial charge in [0.15, 0.2) is 0 Å². The highest BCUT2D eigenvalue weighted by Crippen LogP contribution is 2.25. The molecule has 1 N–H and O–H groups in total. The molecule has 6 heteroatoms. The second-order valence-corrected chi connectivity index (χ2v) is 4.17. The fourth-order valence-electron chi connectivity index (χ4n) is 1.05. The van der Waals surface area contributed by atoms with Gasteiger partial charge in [0.25, 0.3) is 11.1 Å². The van der Waals surface area contributed by atoms with E-state index < -0.39 is 0 Å². The van der Waals surface area contributed by atoms with Crippen LogP contribution in [-0.4, -0.2) is 16.1 Å². The van der Waals surface area contributed by atoms with Gasteiger partial charge in [-0.2, -0.15) is 0 Å². The van der Waals surface area contributed by atoms with Crippen molar-refractivity contribution in [1.29, 1.82) is 0 Å². The molecule has 15 heavy (non-hydrogen) atoms. The number of imide groups is 1. The van der Waals surface area contributed by atoms with Crippen LogP contribution in [0.5, 0.6) is 0 Å². The average Bonchev–Trinajstić information content (AvgIpc) is 2.49. The summed E-state index contributed by atoms with van der Waals surface area (Å²) in [6.07, 6.45) is 3.13. The van der Waals surface area contributed by atoms with E-state index in [1.165, 1.54) is 6.20 Å². The summed E-state index contributed by atoms with van der Waals surface area (Å²) >= 11 is 6.48. The van der Waals surface area contributed by atoms with E-state index >= 15 is 0 Å². The summed E-state index contributed by atoms with van der Waals surface area (Å²) in [6.45, 7) is 0. The molecular weight excluding hydrogens is 236 g/mol. The average molecular weight is 241 g/mol. The number of nitrogens with one attached hydrogen (secondary N) is 1. The lowest BCUT2D eigenvalue weighted by Crippen LogP contribution is -2.17. The van der Waals surface area contributed by atoms with Gasteiger partial charge >= 0.3 is 0 Å². The van der Waals surface area contributed by atoms with Gasteiger partial charge < -0.3 is 0 Å². The van der Waals surface area contributed by atoms with Gasteiger partial charge in [-0.05, 0) is 29.5 Å². The summed E-state index contributed by atoms with van der Waals surface area (Å²) in [6, 6.07) is 3.34. The number of pyridine rings is 1. The van der Waals surface area contributed by atoms with E-state index in [0.29, 0.717) is 10.1 Å². The van der Waals surface area contributed by atoms with Crippen LogP contribution in [0.3, 0.4) is 0 Å². The molecule has 0 radical (unpaired) electrons. The standard InChI is InChI=1S/C9H5ClN2O2S/c10-7-2-1-5(4-11-7)3-6-8(13)12-9(14)15-6/h1-4H,(H,12,13,14)/b6-3+. The molecule has 1 aromatic heterocycles. The van der Waals surface area contributed by atoms with Gasteiger partial charge in [0.05, 0.1) is 4.91 Å². The summed E-state index contributed by atoms with van der Waals surface area (Å²) in [5.41, 5.74) is 0.728. The summed E-state index contributed by atoms with van der Waals surface area (Å²) in [5.74, 6) is -0.375. The first kappa shape index (κ1) is 10.2. The van der Waals surface area contributed by atoms with E-state index in [1.54, 1.807) is 18.2 Å². The second-order valence-electron chi connectivity index (χ2n) is 2.77. The number of thioether (sulfide) groups is 1. The van der Waals surface area contributed by atoms with E-state index in [-0.39, 0.29) is 11.1 Å². The Balaban J connectivity index is 2.27. The zero-order valence-electron chi connectivity index (χ0n) is 7.36. The van der Waals surface area contributed by atoms with E-state index in [0.717, 1.165) is 17.3 Å². The highest BCUT2D eigenvalue weighted by molar-refractivity contribution is 8.18. The SMILES string of the molecule is O=C1NC(=O)/C(=C\c2ccc(Cl)nc2)S1. The maximum Gasteiger partial charge on any atom is 0.290 e. The largest absolute Gasteiger partial charge is 0.290 e. The molecule has 1 fully saturated rings. The van der Waals surface area contributed by atoms with Crippen molar-refractivity contribution in [2.75, 3.05) is 0 Å². The van der Waals surface area contributed by atoms with Crippen molar-refractivity contribution in [3.05, 3.63) is 34.0 Å². The van der Waals surface area contributed by atoms with E-state index in [4.69, 9.17) is 11.6 Å². The van der Waals surface area contributed by atoms with Crippen LogP contribution in [0.1, 0.15) is 5.56 Å². The number of aromatic nitrogens is 1. The molecular formula is C9H5ClN2O2S. The lowest BCUT2D eigenvalue weighted by atomic mass is 10.2. The van der Waals surface area contributed by atoms with Gasteiger partial charge in [-0.25, -0.2) is 4.98 Å². The van der Waals surface area contributed by atoms with Crippen LogP contribution in [0, 0.1) is 0 Å². The van der Waals surface area contributed by atoms with E-state index in [1.807, 2.05) is 0 Å². The van der Waals surface area contributed by atoms with E-state index in [9.17, 15) is 9.59 Å².